The fourth-order valence-corrected chi connectivity index (χ4v) is 2.68. The van der Waals surface area contributed by atoms with Crippen LogP contribution in [0.15, 0.2) is 0 Å². The molecule has 0 aromatic rings. The van der Waals surface area contributed by atoms with Gasteiger partial charge in [0.1, 0.15) is 0 Å². The number of rotatable bonds is 20. The second-order valence-electron chi connectivity index (χ2n) is 7.37. The molecule has 0 rings (SSSR count). The summed E-state index contributed by atoms with van der Waals surface area (Å²) >= 11 is 0. The van der Waals surface area contributed by atoms with Crippen molar-refractivity contribution in [2.75, 3.05) is 114 Å². The zero-order chi connectivity index (χ0) is 35.6. The average Bonchev–Trinajstić information content (AvgIpc) is 3.06. The van der Waals surface area contributed by atoms with E-state index in [-0.39, 0.29) is 21.7 Å². The van der Waals surface area contributed by atoms with Crippen LogP contribution in [0.3, 0.4) is 0 Å². The maximum Gasteiger partial charge on any atom is 0.334 e. The van der Waals surface area contributed by atoms with Crippen LogP contribution in [0.1, 0.15) is 0 Å². The van der Waals surface area contributed by atoms with Gasteiger partial charge >= 0.3 is 23.9 Å². The van der Waals surface area contributed by atoms with E-state index in [9.17, 15) is 20.4 Å². The van der Waals surface area contributed by atoms with Crippen LogP contribution in [-0.4, -0.2) is 183 Å². The standard InChI is InChI=1S/4C6H14O5.Ti/c4*1-8-5(9-2)6(7,10-3)11-4;/h4*5,7H,1-4H3;. The molecule has 0 amide bonds. The van der Waals surface area contributed by atoms with E-state index in [1.807, 2.05) is 0 Å². The molecule has 0 heterocycles. The molecule has 276 valence electrons. The van der Waals surface area contributed by atoms with Crippen molar-refractivity contribution in [3.05, 3.63) is 0 Å². The second kappa shape index (κ2) is 30.0. The minimum Gasteiger partial charge on any atom is -0.349 e. The van der Waals surface area contributed by atoms with Crippen molar-refractivity contribution < 1.29 is 118 Å². The minimum atomic E-state index is -1.84. The Labute approximate surface area is 280 Å². The number of methoxy groups -OCH3 is 16. The second-order valence-corrected chi connectivity index (χ2v) is 7.37. The molecule has 0 radical (unpaired) electrons. The maximum atomic E-state index is 9.39. The van der Waals surface area contributed by atoms with Crippen LogP contribution in [-0.2, 0) is 97.5 Å². The average molecular weight is 713 g/mol. The summed E-state index contributed by atoms with van der Waals surface area (Å²) in [6.45, 7) is 0. The van der Waals surface area contributed by atoms with Crippen LogP contribution >= 0.6 is 0 Å². The van der Waals surface area contributed by atoms with E-state index in [2.05, 4.69) is 37.9 Å². The van der Waals surface area contributed by atoms with Gasteiger partial charge < -0.3 is 96.2 Å². The molecule has 21 heteroatoms. The Morgan fingerprint density at radius 1 is 0.267 bits per heavy atom. The Balaban J connectivity index is -0.000000157. The van der Waals surface area contributed by atoms with Crippen molar-refractivity contribution in [3.63, 3.8) is 0 Å². The van der Waals surface area contributed by atoms with E-state index in [1.54, 1.807) is 0 Å². The summed E-state index contributed by atoms with van der Waals surface area (Å²) in [4.78, 5) is 0. The molecule has 45 heavy (non-hydrogen) atoms. The summed E-state index contributed by atoms with van der Waals surface area (Å²) in [6.07, 6.45) is -3.84. The Bertz CT molecular complexity index is 500. The SMILES string of the molecule is COC(OC)C(O)(OC)OC.COC(OC)C(O)(OC)OC.COC(OC)C(O)(OC)OC.COC(OC)C(O)(OC)OC.[Ti]. The van der Waals surface area contributed by atoms with Crippen LogP contribution in [0.4, 0.5) is 0 Å². The van der Waals surface area contributed by atoms with Gasteiger partial charge in [0.05, 0.1) is 0 Å². The van der Waals surface area contributed by atoms with Gasteiger partial charge in [0.25, 0.3) is 0 Å². The first-order valence-corrected chi connectivity index (χ1v) is 12.1. The first-order chi connectivity index (χ1) is 20.6. The van der Waals surface area contributed by atoms with Crippen LogP contribution in [0.25, 0.3) is 0 Å². The normalized spacial score (nSPS) is 12.3. The molecule has 0 saturated carbocycles. The third kappa shape index (κ3) is 18.9. The zero-order valence-electron chi connectivity index (χ0n) is 29.1. The van der Waals surface area contributed by atoms with Gasteiger partial charge in [-0.25, -0.2) is 0 Å². The van der Waals surface area contributed by atoms with Crippen molar-refractivity contribution in [2.24, 2.45) is 0 Å². The van der Waals surface area contributed by atoms with Crippen LogP contribution in [0.5, 0.6) is 0 Å². The first-order valence-electron chi connectivity index (χ1n) is 12.1. The van der Waals surface area contributed by atoms with E-state index >= 15 is 0 Å². The summed E-state index contributed by atoms with van der Waals surface area (Å²) in [5.74, 6) is -7.38. The topological polar surface area (TPSA) is 229 Å². The predicted molar refractivity (Wildman–Crippen MR) is 147 cm³/mol. The third-order valence-electron chi connectivity index (χ3n) is 5.24. The van der Waals surface area contributed by atoms with Crippen LogP contribution in [0, 0.1) is 0 Å². The molecule has 0 aliphatic heterocycles. The van der Waals surface area contributed by atoms with E-state index in [0.29, 0.717) is 0 Å². The van der Waals surface area contributed by atoms with Gasteiger partial charge in [-0.1, -0.05) is 0 Å². The van der Waals surface area contributed by atoms with Gasteiger partial charge in [-0.05, 0) is 0 Å². The Kier molecular flexibility index (Phi) is 36.3. The molecule has 0 aliphatic rings. The molecule has 0 saturated heterocycles. The fraction of sp³-hybridized carbons (Fsp3) is 1.00. The van der Waals surface area contributed by atoms with Crippen LogP contribution in [0.2, 0.25) is 0 Å². The van der Waals surface area contributed by atoms with E-state index in [0.717, 1.165) is 0 Å². The molecule has 4 N–H and O–H groups in total. The molecule has 20 nitrogen and oxygen atoms in total. The van der Waals surface area contributed by atoms with E-state index < -0.39 is 49.1 Å². The third-order valence-corrected chi connectivity index (χ3v) is 5.24. The summed E-state index contributed by atoms with van der Waals surface area (Å²) in [5, 5.41) is 37.6. The van der Waals surface area contributed by atoms with Crippen molar-refractivity contribution >= 4 is 0 Å². The van der Waals surface area contributed by atoms with E-state index in [4.69, 9.17) is 37.9 Å². The van der Waals surface area contributed by atoms with Crippen molar-refractivity contribution in [3.8, 4) is 0 Å². The molecule has 0 fully saturated rings. The molecule has 0 aliphatic carbocycles. The molecule has 0 bridgehead atoms. The van der Waals surface area contributed by atoms with Gasteiger partial charge in [0.2, 0.25) is 25.2 Å². The summed E-state index contributed by atoms with van der Waals surface area (Å²) in [7, 11) is 21.3. The Morgan fingerprint density at radius 3 is 0.378 bits per heavy atom. The zero-order valence-corrected chi connectivity index (χ0v) is 30.7. The fourth-order valence-electron chi connectivity index (χ4n) is 2.68. The predicted octanol–water partition coefficient (Wildman–Crippen LogP) is -1.83. The Hall–Kier alpha value is -0.0857. The molecule has 0 atom stereocenters. The molecule has 0 spiro atoms. The van der Waals surface area contributed by atoms with E-state index in [1.165, 1.54) is 114 Å². The van der Waals surface area contributed by atoms with Gasteiger partial charge in [0, 0.05) is 135 Å². The number of aliphatic hydroxyl groups is 4. The van der Waals surface area contributed by atoms with Crippen molar-refractivity contribution in [2.45, 2.75) is 49.1 Å². The summed E-state index contributed by atoms with van der Waals surface area (Å²) < 4.78 is 74.7. The monoisotopic (exact) mass is 712 g/mol. The Morgan fingerprint density at radius 2 is 0.356 bits per heavy atom. The van der Waals surface area contributed by atoms with Gasteiger partial charge in [0.15, 0.2) is 0 Å². The van der Waals surface area contributed by atoms with Gasteiger partial charge in [-0.15, -0.1) is 0 Å². The smallest absolute Gasteiger partial charge is 0.334 e. The van der Waals surface area contributed by atoms with Crippen LogP contribution < -0.4 is 0 Å². The first kappa shape index (κ1) is 54.4. The molecular formula is C24H56O20Ti. The largest absolute Gasteiger partial charge is 0.349 e. The molecule has 0 aromatic carbocycles. The minimum absolute atomic E-state index is 0. The molecular weight excluding hydrogens is 656 g/mol. The van der Waals surface area contributed by atoms with Crippen molar-refractivity contribution in [1.29, 1.82) is 0 Å². The summed E-state index contributed by atoms with van der Waals surface area (Å²) in [6, 6.07) is 0. The summed E-state index contributed by atoms with van der Waals surface area (Å²) in [5.41, 5.74) is 0. The maximum absolute atomic E-state index is 9.39. The number of hydrogen-bond donors (Lipinski definition) is 4. The van der Waals surface area contributed by atoms with Crippen molar-refractivity contribution in [1.82, 2.24) is 0 Å². The quantitative estimate of drug-likeness (QED) is 0.0804. The van der Waals surface area contributed by atoms with Gasteiger partial charge in [-0.3, -0.25) is 0 Å². The number of ether oxygens (including phenoxy) is 16. The number of hydrogen-bond acceptors (Lipinski definition) is 20. The molecule has 0 unspecified atom stereocenters. The molecule has 0 aromatic heterocycles. The van der Waals surface area contributed by atoms with Gasteiger partial charge in [-0.2, -0.15) is 0 Å².